The Labute approximate surface area is 173 Å². The van der Waals surface area contributed by atoms with Crippen molar-refractivity contribution in [3.8, 4) is 22.8 Å². The number of aromatic nitrogens is 1. The Kier molecular flexibility index (Phi) is 5.27. The average molecular weight is 406 g/mol. The number of carboxylic acids is 1. The third-order valence-electron chi connectivity index (χ3n) is 5.00. The number of methoxy groups -OCH3 is 1. The van der Waals surface area contributed by atoms with E-state index in [0.717, 1.165) is 34.9 Å². The fraction of sp³-hybridized carbons (Fsp3) is 0.261. The first-order chi connectivity index (χ1) is 14.5. The number of nitrogens with one attached hydrogen (secondary N) is 1. The van der Waals surface area contributed by atoms with Gasteiger partial charge in [0.25, 0.3) is 0 Å². The van der Waals surface area contributed by atoms with Crippen LogP contribution in [-0.2, 0) is 9.59 Å². The van der Waals surface area contributed by atoms with Gasteiger partial charge >= 0.3 is 5.97 Å². The summed E-state index contributed by atoms with van der Waals surface area (Å²) in [6.07, 6.45) is 2.21. The van der Waals surface area contributed by atoms with Gasteiger partial charge < -0.3 is 19.9 Å². The highest BCUT2D eigenvalue weighted by Gasteiger charge is 2.27. The number of ether oxygens (including phenoxy) is 2. The Morgan fingerprint density at radius 1 is 1.17 bits per heavy atom. The molecule has 0 radical (unpaired) electrons. The number of carboxylic acid groups (broad SMARTS) is 1. The van der Waals surface area contributed by atoms with Crippen LogP contribution in [-0.4, -0.2) is 35.7 Å². The predicted molar refractivity (Wildman–Crippen MR) is 113 cm³/mol. The lowest BCUT2D eigenvalue weighted by molar-refractivity contribution is -0.139. The Balaban J connectivity index is 1.88. The van der Waals surface area contributed by atoms with Crippen LogP contribution in [0.5, 0.6) is 11.5 Å². The van der Waals surface area contributed by atoms with E-state index in [1.165, 1.54) is 6.92 Å². The van der Waals surface area contributed by atoms with Gasteiger partial charge in [-0.1, -0.05) is 12.1 Å². The van der Waals surface area contributed by atoms with Gasteiger partial charge in [-0.25, -0.2) is 9.78 Å². The zero-order valence-electron chi connectivity index (χ0n) is 16.8. The molecule has 7 heteroatoms. The fourth-order valence-electron chi connectivity index (χ4n) is 3.55. The summed E-state index contributed by atoms with van der Waals surface area (Å²) in [6.45, 7) is 1.02. The van der Waals surface area contributed by atoms with Crippen LogP contribution in [0.25, 0.3) is 22.2 Å². The molecule has 0 atom stereocenters. The second-order valence-corrected chi connectivity index (χ2v) is 7.30. The Morgan fingerprint density at radius 2 is 1.93 bits per heavy atom. The van der Waals surface area contributed by atoms with Crippen molar-refractivity contribution in [3.63, 3.8) is 0 Å². The van der Waals surface area contributed by atoms with E-state index < -0.39 is 12.6 Å². The Hall–Kier alpha value is -3.61. The molecule has 0 saturated heterocycles. The third-order valence-corrected chi connectivity index (χ3v) is 5.00. The Bertz CT molecular complexity index is 1140. The minimum Gasteiger partial charge on any atom is -0.495 e. The highest BCUT2D eigenvalue weighted by Crippen LogP contribution is 2.46. The van der Waals surface area contributed by atoms with E-state index in [-0.39, 0.29) is 5.91 Å². The summed E-state index contributed by atoms with van der Waals surface area (Å²) in [4.78, 5) is 27.4. The molecule has 0 aliphatic heterocycles. The number of para-hydroxylation sites is 1. The van der Waals surface area contributed by atoms with E-state index in [2.05, 4.69) is 5.32 Å². The normalized spacial score (nSPS) is 13.1. The zero-order chi connectivity index (χ0) is 21.3. The number of aliphatic carboxylic acids is 1. The van der Waals surface area contributed by atoms with E-state index in [9.17, 15) is 9.59 Å². The van der Waals surface area contributed by atoms with Crippen LogP contribution in [0.15, 0.2) is 42.5 Å². The minimum atomic E-state index is -1.04. The van der Waals surface area contributed by atoms with Crippen LogP contribution in [0, 0.1) is 0 Å². The van der Waals surface area contributed by atoms with Crippen molar-refractivity contribution in [1.82, 2.24) is 4.98 Å². The number of nitrogens with zero attached hydrogens (tertiary/aromatic N) is 1. The molecule has 2 N–H and O–H groups in total. The summed E-state index contributed by atoms with van der Waals surface area (Å²) in [5.74, 6) is 0.252. The lowest BCUT2D eigenvalue weighted by Crippen LogP contribution is -2.10. The molecule has 1 aliphatic carbocycles. The summed E-state index contributed by atoms with van der Waals surface area (Å²) in [5.41, 5.74) is 3.87. The second kappa shape index (κ2) is 8.02. The van der Waals surface area contributed by atoms with Crippen molar-refractivity contribution in [2.45, 2.75) is 25.7 Å². The average Bonchev–Trinajstić information content (AvgIpc) is 3.56. The van der Waals surface area contributed by atoms with Crippen molar-refractivity contribution in [3.05, 3.63) is 48.0 Å². The molecule has 1 saturated carbocycles. The molecule has 154 valence electrons. The molecule has 1 aliphatic rings. The SMILES string of the molecule is COc1cc2c(C3CC3)cc(-c3ccccc3OCC(=O)O)nc2cc1NC(C)=O. The number of hydrogen-bond acceptors (Lipinski definition) is 5. The van der Waals surface area contributed by atoms with E-state index in [1.54, 1.807) is 19.2 Å². The maximum atomic E-state index is 11.6. The molecule has 7 nitrogen and oxygen atoms in total. The topological polar surface area (TPSA) is 97.8 Å². The van der Waals surface area contributed by atoms with Gasteiger partial charge in [-0.2, -0.15) is 0 Å². The summed E-state index contributed by atoms with van der Waals surface area (Å²) in [7, 11) is 1.57. The van der Waals surface area contributed by atoms with E-state index in [4.69, 9.17) is 19.6 Å². The molecule has 1 heterocycles. The first kappa shape index (κ1) is 19.7. The summed E-state index contributed by atoms with van der Waals surface area (Å²) < 4.78 is 11.0. The molecule has 3 aromatic rings. The summed E-state index contributed by atoms with van der Waals surface area (Å²) in [5, 5.41) is 12.7. The van der Waals surface area contributed by atoms with Gasteiger partial charge in [0.05, 0.1) is 24.0 Å². The minimum absolute atomic E-state index is 0.196. The number of rotatable bonds is 7. The first-order valence-corrected chi connectivity index (χ1v) is 9.70. The largest absolute Gasteiger partial charge is 0.495 e. The molecule has 1 aromatic heterocycles. The maximum absolute atomic E-state index is 11.6. The highest BCUT2D eigenvalue weighted by molar-refractivity contribution is 5.97. The van der Waals surface area contributed by atoms with Gasteiger partial charge in [-0.3, -0.25) is 4.79 Å². The van der Waals surface area contributed by atoms with Crippen molar-refractivity contribution >= 4 is 28.5 Å². The van der Waals surface area contributed by atoms with Crippen LogP contribution in [0.3, 0.4) is 0 Å². The van der Waals surface area contributed by atoms with Crippen LogP contribution >= 0.6 is 0 Å². The number of benzene rings is 2. The molecule has 2 aromatic carbocycles. The quantitative estimate of drug-likeness (QED) is 0.610. The molecule has 4 rings (SSSR count). The van der Waals surface area contributed by atoms with Gasteiger partial charge in [0.2, 0.25) is 5.91 Å². The highest BCUT2D eigenvalue weighted by atomic mass is 16.5. The third kappa shape index (κ3) is 4.05. The standard InChI is InChI=1S/C23H22N2O5/c1-13(26)24-20-11-19-17(10-22(20)29-2)16(14-7-8-14)9-18(25-19)15-5-3-4-6-21(15)30-12-23(27)28/h3-6,9-11,14H,7-8,12H2,1-2H3,(H,24,26)(H,27,28). The van der Waals surface area contributed by atoms with Gasteiger partial charge in [-0.15, -0.1) is 0 Å². The van der Waals surface area contributed by atoms with Gasteiger partial charge in [0.15, 0.2) is 6.61 Å². The molecule has 0 spiro atoms. The number of carbonyl (C=O) groups is 2. The van der Waals surface area contributed by atoms with Crippen molar-refractivity contribution in [2.75, 3.05) is 19.0 Å². The molecule has 1 fully saturated rings. The molecule has 1 amide bonds. The van der Waals surface area contributed by atoms with Crippen LogP contribution < -0.4 is 14.8 Å². The second-order valence-electron chi connectivity index (χ2n) is 7.30. The van der Waals surface area contributed by atoms with E-state index in [1.807, 2.05) is 30.3 Å². The van der Waals surface area contributed by atoms with E-state index in [0.29, 0.717) is 28.8 Å². The van der Waals surface area contributed by atoms with Crippen molar-refractivity contribution in [1.29, 1.82) is 0 Å². The molecule has 0 bridgehead atoms. The number of pyridine rings is 1. The van der Waals surface area contributed by atoms with Gasteiger partial charge in [0.1, 0.15) is 11.5 Å². The summed E-state index contributed by atoms with van der Waals surface area (Å²) in [6, 6.07) is 13.0. The maximum Gasteiger partial charge on any atom is 0.341 e. The van der Waals surface area contributed by atoms with Gasteiger partial charge in [0, 0.05) is 17.9 Å². The molecule has 30 heavy (non-hydrogen) atoms. The number of anilines is 1. The lowest BCUT2D eigenvalue weighted by Gasteiger charge is -2.15. The number of fused-ring (bicyclic) bond motifs is 1. The zero-order valence-corrected chi connectivity index (χ0v) is 16.8. The summed E-state index contributed by atoms with van der Waals surface area (Å²) >= 11 is 0. The number of amides is 1. The van der Waals surface area contributed by atoms with Crippen LogP contribution in [0.4, 0.5) is 5.69 Å². The van der Waals surface area contributed by atoms with Gasteiger partial charge in [-0.05, 0) is 54.7 Å². The van der Waals surface area contributed by atoms with Crippen LogP contribution in [0.2, 0.25) is 0 Å². The fourth-order valence-corrected chi connectivity index (χ4v) is 3.55. The molecular weight excluding hydrogens is 384 g/mol. The number of hydrogen-bond donors (Lipinski definition) is 2. The molecule has 0 unspecified atom stereocenters. The Morgan fingerprint density at radius 3 is 2.60 bits per heavy atom. The lowest BCUT2D eigenvalue weighted by atomic mass is 10.00. The smallest absolute Gasteiger partial charge is 0.341 e. The molecular formula is C23H22N2O5. The van der Waals surface area contributed by atoms with E-state index >= 15 is 0 Å². The van der Waals surface area contributed by atoms with Crippen molar-refractivity contribution in [2.24, 2.45) is 0 Å². The van der Waals surface area contributed by atoms with Crippen molar-refractivity contribution < 1.29 is 24.2 Å². The predicted octanol–water partition coefficient (Wildman–Crippen LogP) is 4.21. The monoisotopic (exact) mass is 406 g/mol. The first-order valence-electron chi connectivity index (χ1n) is 9.70. The number of carbonyl (C=O) groups excluding carboxylic acids is 1. The van der Waals surface area contributed by atoms with Crippen LogP contribution in [0.1, 0.15) is 31.2 Å².